The minimum absolute atomic E-state index is 0.114. The predicted molar refractivity (Wildman–Crippen MR) is 72.2 cm³/mol. The third-order valence-electron chi connectivity index (χ3n) is 2.42. The van der Waals surface area contributed by atoms with E-state index >= 15 is 0 Å². The predicted octanol–water partition coefficient (Wildman–Crippen LogP) is 2.14. The van der Waals surface area contributed by atoms with E-state index in [0.717, 1.165) is 12.1 Å². The highest BCUT2D eigenvalue weighted by Crippen LogP contribution is 2.32. The quantitative estimate of drug-likeness (QED) is 0.363. The molecule has 0 aliphatic heterocycles. The van der Waals surface area contributed by atoms with E-state index in [4.69, 9.17) is 4.55 Å². The van der Waals surface area contributed by atoms with Gasteiger partial charge in [-0.15, -0.1) is 0 Å². The Morgan fingerprint density at radius 3 is 2.35 bits per heavy atom. The summed E-state index contributed by atoms with van der Waals surface area (Å²) in [5.74, 6) is -0.694. The summed E-state index contributed by atoms with van der Waals surface area (Å²) in [6, 6.07) is 3.15. The normalized spacial score (nSPS) is 12.9. The van der Waals surface area contributed by atoms with Gasteiger partial charge in [0, 0.05) is 17.4 Å². The standard InChI is InChI=1S/C9H10N2O7S2/c1-6(5-19-20(16,17)18)8-3-2-7(10(12)13)4-9(8)11(14)15/h2-4,6H,5H2,1H3,(H,16,17,18). The molecule has 0 aliphatic rings. The molecule has 0 amide bonds. The molecule has 0 bridgehead atoms. The van der Waals surface area contributed by atoms with Crippen molar-refractivity contribution in [1.29, 1.82) is 0 Å². The number of hydrogen-bond donors (Lipinski definition) is 1. The van der Waals surface area contributed by atoms with E-state index in [1.54, 1.807) is 0 Å². The molecule has 11 heteroatoms. The van der Waals surface area contributed by atoms with Crippen LogP contribution in [0.3, 0.4) is 0 Å². The van der Waals surface area contributed by atoms with Gasteiger partial charge in [0.2, 0.25) is 0 Å². The second-order valence-corrected chi connectivity index (χ2v) is 7.27. The Morgan fingerprint density at radius 1 is 1.30 bits per heavy atom. The smallest absolute Gasteiger partial charge is 0.277 e. The SMILES string of the molecule is CC(CSS(=O)(=O)O)c1ccc([N+](=O)[O-])cc1[N+](=O)[O-]. The largest absolute Gasteiger partial charge is 0.319 e. The molecule has 1 N–H and O–H groups in total. The molecule has 0 aromatic heterocycles. The van der Waals surface area contributed by atoms with Gasteiger partial charge in [-0.05, 0) is 22.8 Å². The number of hydrogen-bond acceptors (Lipinski definition) is 7. The first-order valence-electron chi connectivity index (χ1n) is 5.16. The molecule has 0 spiro atoms. The summed E-state index contributed by atoms with van der Waals surface area (Å²) in [5.41, 5.74) is -0.713. The molecule has 0 heterocycles. The van der Waals surface area contributed by atoms with Crippen LogP contribution < -0.4 is 0 Å². The lowest BCUT2D eigenvalue weighted by molar-refractivity contribution is -0.394. The molecule has 1 unspecified atom stereocenters. The zero-order valence-corrected chi connectivity index (χ0v) is 11.8. The Kier molecular flexibility index (Phi) is 5.03. The molecule has 0 saturated carbocycles. The Morgan fingerprint density at radius 2 is 1.90 bits per heavy atom. The van der Waals surface area contributed by atoms with E-state index in [1.165, 1.54) is 13.0 Å². The summed E-state index contributed by atoms with van der Waals surface area (Å²) < 4.78 is 29.9. The number of benzene rings is 1. The molecule has 0 aliphatic carbocycles. The minimum Gasteiger partial charge on any atom is -0.277 e. The maximum Gasteiger partial charge on any atom is 0.319 e. The molecule has 0 saturated heterocycles. The van der Waals surface area contributed by atoms with Crippen molar-refractivity contribution < 1.29 is 22.8 Å². The Hall–Kier alpha value is -1.72. The van der Waals surface area contributed by atoms with Crippen molar-refractivity contribution in [2.75, 3.05) is 5.75 Å². The van der Waals surface area contributed by atoms with E-state index in [-0.39, 0.29) is 22.1 Å². The Bertz CT molecular complexity index is 644. The van der Waals surface area contributed by atoms with E-state index in [2.05, 4.69) is 0 Å². The highest BCUT2D eigenvalue weighted by molar-refractivity contribution is 8.69. The van der Waals surface area contributed by atoms with Crippen LogP contribution in [0.4, 0.5) is 11.4 Å². The van der Waals surface area contributed by atoms with Crippen LogP contribution in [0.1, 0.15) is 18.4 Å². The van der Waals surface area contributed by atoms with Crippen LogP contribution in [0.5, 0.6) is 0 Å². The van der Waals surface area contributed by atoms with Gasteiger partial charge < -0.3 is 0 Å². The topological polar surface area (TPSA) is 141 Å². The van der Waals surface area contributed by atoms with Crippen LogP contribution >= 0.6 is 10.8 Å². The van der Waals surface area contributed by atoms with Crippen LogP contribution in [0.2, 0.25) is 0 Å². The van der Waals surface area contributed by atoms with Gasteiger partial charge in [-0.3, -0.25) is 24.8 Å². The summed E-state index contributed by atoms with van der Waals surface area (Å²) >= 11 is 0. The van der Waals surface area contributed by atoms with Crippen molar-refractivity contribution in [2.45, 2.75) is 12.8 Å². The molecular formula is C9H10N2O7S2. The van der Waals surface area contributed by atoms with Crippen molar-refractivity contribution in [1.82, 2.24) is 0 Å². The average molecular weight is 322 g/mol. The highest BCUT2D eigenvalue weighted by Gasteiger charge is 2.24. The molecule has 110 valence electrons. The highest BCUT2D eigenvalue weighted by atomic mass is 33.1. The van der Waals surface area contributed by atoms with Crippen LogP contribution in [0.15, 0.2) is 18.2 Å². The minimum atomic E-state index is -4.24. The first kappa shape index (κ1) is 16.3. The summed E-state index contributed by atoms with van der Waals surface area (Å²) in [6.45, 7) is 1.52. The molecule has 0 radical (unpaired) electrons. The van der Waals surface area contributed by atoms with Gasteiger partial charge in [0.05, 0.1) is 15.9 Å². The van der Waals surface area contributed by atoms with E-state index in [0.29, 0.717) is 0 Å². The third kappa shape index (κ3) is 4.43. The van der Waals surface area contributed by atoms with E-state index < -0.39 is 36.3 Å². The number of nitrogens with zero attached hydrogens (tertiary/aromatic N) is 2. The fourth-order valence-corrected chi connectivity index (χ4v) is 3.18. The molecule has 1 atom stereocenters. The van der Waals surface area contributed by atoms with Gasteiger partial charge >= 0.3 is 9.15 Å². The van der Waals surface area contributed by atoms with Crippen molar-refractivity contribution >= 4 is 31.3 Å². The molecule has 20 heavy (non-hydrogen) atoms. The molecule has 1 rings (SSSR count). The van der Waals surface area contributed by atoms with Crippen LogP contribution in [-0.2, 0) is 9.15 Å². The molecule has 1 aromatic carbocycles. The maximum atomic E-state index is 10.9. The number of nitro benzene ring substituents is 2. The number of non-ortho nitro benzene ring substituents is 1. The lowest BCUT2D eigenvalue weighted by atomic mass is 10.0. The van der Waals surface area contributed by atoms with Crippen molar-refractivity contribution in [3.05, 3.63) is 44.0 Å². The van der Waals surface area contributed by atoms with Gasteiger partial charge in [0.1, 0.15) is 0 Å². The van der Waals surface area contributed by atoms with Crippen molar-refractivity contribution in [2.24, 2.45) is 0 Å². The van der Waals surface area contributed by atoms with E-state index in [9.17, 15) is 28.6 Å². The van der Waals surface area contributed by atoms with Crippen LogP contribution in [-0.4, -0.2) is 28.6 Å². The third-order valence-corrected chi connectivity index (χ3v) is 4.66. The zero-order valence-electron chi connectivity index (χ0n) is 10.1. The summed E-state index contributed by atoms with van der Waals surface area (Å²) in [5, 5.41) is 21.5. The monoisotopic (exact) mass is 322 g/mol. The first-order chi connectivity index (χ1) is 9.11. The fraction of sp³-hybridized carbons (Fsp3) is 0.333. The fourth-order valence-electron chi connectivity index (χ4n) is 1.50. The van der Waals surface area contributed by atoms with Gasteiger partial charge in [-0.25, -0.2) is 0 Å². The van der Waals surface area contributed by atoms with Crippen LogP contribution in [0, 0.1) is 20.2 Å². The van der Waals surface area contributed by atoms with Gasteiger partial charge in [-0.2, -0.15) is 8.42 Å². The van der Waals surface area contributed by atoms with Gasteiger partial charge in [0.15, 0.2) is 0 Å². The van der Waals surface area contributed by atoms with Gasteiger partial charge in [-0.1, -0.05) is 6.92 Å². The molecule has 1 aromatic rings. The first-order valence-corrected chi connectivity index (χ1v) is 8.10. The van der Waals surface area contributed by atoms with E-state index in [1.807, 2.05) is 0 Å². The van der Waals surface area contributed by atoms with Crippen molar-refractivity contribution in [3.8, 4) is 0 Å². The lowest BCUT2D eigenvalue weighted by Gasteiger charge is -2.10. The average Bonchev–Trinajstić information content (AvgIpc) is 2.34. The number of nitro groups is 2. The Labute approximate surface area is 117 Å². The number of rotatable bonds is 6. The summed E-state index contributed by atoms with van der Waals surface area (Å²) in [4.78, 5) is 20.0. The summed E-state index contributed by atoms with van der Waals surface area (Å²) in [7, 11) is -4.00. The second-order valence-electron chi connectivity index (χ2n) is 3.87. The molecule has 9 nitrogen and oxygen atoms in total. The Balaban J connectivity index is 3.10. The van der Waals surface area contributed by atoms with Crippen molar-refractivity contribution in [3.63, 3.8) is 0 Å². The molecule has 0 fully saturated rings. The zero-order chi connectivity index (χ0) is 15.5. The second kappa shape index (κ2) is 6.15. The molecular weight excluding hydrogens is 312 g/mol. The summed E-state index contributed by atoms with van der Waals surface area (Å²) in [6.07, 6.45) is 0. The van der Waals surface area contributed by atoms with Gasteiger partial charge in [0.25, 0.3) is 11.4 Å². The lowest BCUT2D eigenvalue weighted by Crippen LogP contribution is -2.05. The van der Waals surface area contributed by atoms with Crippen LogP contribution in [0.25, 0.3) is 0 Å². The maximum absolute atomic E-state index is 10.9.